The molecule has 0 atom stereocenters. The molecule has 0 amide bonds. The van der Waals surface area contributed by atoms with E-state index in [9.17, 15) is 0 Å². The Bertz CT molecular complexity index is 130. The van der Waals surface area contributed by atoms with E-state index in [1.807, 2.05) is 18.5 Å². The Morgan fingerprint density at radius 3 is 3.00 bits per heavy atom. The number of hydrogen-bond acceptors (Lipinski definition) is 3. The number of hydrogen-bond donors (Lipinski definition) is 2. The molecule has 0 saturated carbocycles. The van der Waals surface area contributed by atoms with Crippen molar-refractivity contribution in [2.75, 3.05) is 0 Å². The zero-order chi connectivity index (χ0) is 6.74. The van der Waals surface area contributed by atoms with Gasteiger partial charge in [0.1, 0.15) is 0 Å². The van der Waals surface area contributed by atoms with Gasteiger partial charge in [0.2, 0.25) is 0 Å². The summed E-state index contributed by atoms with van der Waals surface area (Å²) >= 11 is 0. The van der Waals surface area contributed by atoms with Gasteiger partial charge in [0.15, 0.2) is 0 Å². The van der Waals surface area contributed by atoms with Gasteiger partial charge in [-0.3, -0.25) is 5.43 Å². The van der Waals surface area contributed by atoms with E-state index in [4.69, 9.17) is 0 Å². The summed E-state index contributed by atoms with van der Waals surface area (Å²) in [5, 5.41) is 3.88. The summed E-state index contributed by atoms with van der Waals surface area (Å²) in [6, 6.07) is 0. The number of hydrazine groups is 1. The molecule has 0 bridgehead atoms. The Balaban J connectivity index is 2.70. The quantitative estimate of drug-likeness (QED) is 0.498. The number of rotatable bonds is 0. The molecule has 0 fully saturated rings. The first-order valence-electron chi connectivity index (χ1n) is 2.93. The maximum Gasteiger partial charge on any atom is 0.0357 e. The summed E-state index contributed by atoms with van der Waals surface area (Å²) in [7, 11) is 0. The third-order valence-corrected chi connectivity index (χ3v) is 1.12. The van der Waals surface area contributed by atoms with Gasteiger partial charge >= 0.3 is 0 Å². The normalized spacial score (nSPS) is 22.0. The molecule has 50 valence electrons. The molecule has 0 radical (unpaired) electrons. The fourth-order valence-electron chi connectivity index (χ4n) is 0.573. The second kappa shape index (κ2) is 2.09. The molecule has 0 spiro atoms. The van der Waals surface area contributed by atoms with Crippen LogP contribution in [0.4, 0.5) is 0 Å². The zero-order valence-corrected chi connectivity index (χ0v) is 5.68. The highest BCUT2D eigenvalue weighted by Gasteiger charge is 2.10. The fraction of sp³-hybridized carbons (Fsp3) is 0.500. The summed E-state index contributed by atoms with van der Waals surface area (Å²) in [5.74, 6) is 0. The maximum absolute atomic E-state index is 3.88. The van der Waals surface area contributed by atoms with Gasteiger partial charge in [-0.05, 0) is 0 Å². The summed E-state index contributed by atoms with van der Waals surface area (Å²) in [5.41, 5.74) is 5.48. The average molecular weight is 125 g/mol. The lowest BCUT2D eigenvalue weighted by Gasteiger charge is -2.09. The van der Waals surface area contributed by atoms with Crippen molar-refractivity contribution < 1.29 is 0 Å². The van der Waals surface area contributed by atoms with Crippen molar-refractivity contribution in [3.8, 4) is 0 Å². The predicted octanol–water partition coefficient (Wildman–Crippen LogP) is 0.620. The topological polar surface area (TPSA) is 36.4 Å². The Kier molecular flexibility index (Phi) is 1.42. The van der Waals surface area contributed by atoms with Crippen molar-refractivity contribution in [1.29, 1.82) is 0 Å². The first kappa shape index (κ1) is 6.13. The minimum absolute atomic E-state index is 0.0660. The zero-order valence-electron chi connectivity index (χ0n) is 5.68. The number of nitrogens with one attached hydrogen (secondary N) is 2. The van der Waals surface area contributed by atoms with Crippen LogP contribution in [0, 0.1) is 5.41 Å². The van der Waals surface area contributed by atoms with Crippen LogP contribution in [0.2, 0.25) is 0 Å². The predicted molar refractivity (Wildman–Crippen MR) is 37.7 cm³/mol. The van der Waals surface area contributed by atoms with Crippen LogP contribution in [0.1, 0.15) is 13.8 Å². The van der Waals surface area contributed by atoms with Crippen molar-refractivity contribution >= 4 is 6.21 Å². The molecular formula is C6H11N3. The van der Waals surface area contributed by atoms with Crippen molar-refractivity contribution in [3.05, 3.63) is 12.3 Å². The molecule has 1 aliphatic heterocycles. The van der Waals surface area contributed by atoms with Gasteiger partial charge in [-0.1, -0.05) is 19.9 Å². The molecule has 0 unspecified atom stereocenters. The largest absolute Gasteiger partial charge is 0.293 e. The Morgan fingerprint density at radius 1 is 1.44 bits per heavy atom. The first-order valence-corrected chi connectivity index (χ1v) is 2.93. The van der Waals surface area contributed by atoms with Gasteiger partial charge in [-0.25, -0.2) is 5.53 Å². The molecule has 2 N–H and O–H groups in total. The van der Waals surface area contributed by atoms with Gasteiger partial charge in [0.05, 0.1) is 0 Å². The van der Waals surface area contributed by atoms with E-state index >= 15 is 0 Å². The van der Waals surface area contributed by atoms with E-state index in [0.29, 0.717) is 0 Å². The number of allylic oxidation sites excluding steroid dienone is 1. The molecule has 1 rings (SSSR count). The van der Waals surface area contributed by atoms with Gasteiger partial charge in [-0.2, -0.15) is 5.10 Å². The molecule has 0 aromatic carbocycles. The molecule has 0 aromatic rings. The molecule has 1 aliphatic rings. The van der Waals surface area contributed by atoms with E-state index in [-0.39, 0.29) is 5.41 Å². The first-order chi connectivity index (χ1) is 4.21. The molecule has 0 aromatic heterocycles. The van der Waals surface area contributed by atoms with Crippen LogP contribution in [0.5, 0.6) is 0 Å². The molecule has 0 saturated heterocycles. The SMILES string of the molecule is CC1(C)C=CNNN=C1. The minimum Gasteiger partial charge on any atom is -0.293 e. The summed E-state index contributed by atoms with van der Waals surface area (Å²) in [4.78, 5) is 0. The molecule has 1 heterocycles. The maximum atomic E-state index is 3.88. The van der Waals surface area contributed by atoms with Crippen LogP contribution in [0.3, 0.4) is 0 Å². The van der Waals surface area contributed by atoms with Crippen LogP contribution < -0.4 is 11.0 Å². The Morgan fingerprint density at radius 2 is 2.22 bits per heavy atom. The lowest BCUT2D eigenvalue weighted by molar-refractivity contribution is 0.671. The second-order valence-corrected chi connectivity index (χ2v) is 2.67. The summed E-state index contributed by atoms with van der Waals surface area (Å²) < 4.78 is 0. The lowest BCUT2D eigenvalue weighted by Crippen LogP contribution is -2.18. The highest BCUT2D eigenvalue weighted by atomic mass is 15.5. The van der Waals surface area contributed by atoms with E-state index in [1.54, 1.807) is 0 Å². The third-order valence-electron chi connectivity index (χ3n) is 1.12. The molecule has 9 heavy (non-hydrogen) atoms. The van der Waals surface area contributed by atoms with Crippen LogP contribution >= 0.6 is 0 Å². The third kappa shape index (κ3) is 1.76. The smallest absolute Gasteiger partial charge is 0.0357 e. The number of nitrogens with zero attached hydrogens (tertiary/aromatic N) is 1. The molecule has 3 heteroatoms. The highest BCUT2D eigenvalue weighted by Crippen LogP contribution is 2.12. The van der Waals surface area contributed by atoms with E-state index in [0.717, 1.165) is 0 Å². The van der Waals surface area contributed by atoms with Crippen LogP contribution in [-0.2, 0) is 0 Å². The van der Waals surface area contributed by atoms with Crippen LogP contribution in [0.25, 0.3) is 0 Å². The van der Waals surface area contributed by atoms with E-state index < -0.39 is 0 Å². The van der Waals surface area contributed by atoms with Gasteiger partial charge in [0.25, 0.3) is 0 Å². The van der Waals surface area contributed by atoms with Crippen molar-refractivity contribution in [3.63, 3.8) is 0 Å². The summed E-state index contributed by atoms with van der Waals surface area (Å²) in [6.45, 7) is 4.17. The number of hydrazone groups is 1. The Labute approximate surface area is 54.8 Å². The monoisotopic (exact) mass is 125 g/mol. The highest BCUT2D eigenvalue weighted by molar-refractivity contribution is 5.67. The molecule has 0 aliphatic carbocycles. The van der Waals surface area contributed by atoms with Gasteiger partial charge in [0, 0.05) is 17.8 Å². The lowest BCUT2D eigenvalue weighted by atomic mass is 9.96. The molecule has 3 nitrogen and oxygen atoms in total. The van der Waals surface area contributed by atoms with Crippen LogP contribution in [0.15, 0.2) is 17.4 Å². The second-order valence-electron chi connectivity index (χ2n) is 2.67. The standard InChI is InChI=1S/C6H11N3/c1-6(2)3-4-7-9-8-5-6/h3-5,7,9H,1-2H3. The Hall–Kier alpha value is -0.990. The van der Waals surface area contributed by atoms with Crippen LogP contribution in [-0.4, -0.2) is 6.21 Å². The van der Waals surface area contributed by atoms with Gasteiger partial charge < -0.3 is 0 Å². The average Bonchev–Trinajstić information content (AvgIpc) is 1.92. The van der Waals surface area contributed by atoms with Gasteiger partial charge in [-0.15, -0.1) is 0 Å². The van der Waals surface area contributed by atoms with E-state index in [1.165, 1.54) is 0 Å². The van der Waals surface area contributed by atoms with Crippen molar-refractivity contribution in [1.82, 2.24) is 11.0 Å². The van der Waals surface area contributed by atoms with Crippen molar-refractivity contribution in [2.24, 2.45) is 10.5 Å². The summed E-state index contributed by atoms with van der Waals surface area (Å²) in [6.07, 6.45) is 5.73. The minimum atomic E-state index is 0.0660. The van der Waals surface area contributed by atoms with Crippen molar-refractivity contribution in [2.45, 2.75) is 13.8 Å². The molecular weight excluding hydrogens is 114 g/mol. The van der Waals surface area contributed by atoms with E-state index in [2.05, 4.69) is 29.9 Å². The fourth-order valence-corrected chi connectivity index (χ4v) is 0.573.